The van der Waals surface area contributed by atoms with Crippen LogP contribution >= 0.6 is 11.8 Å². The number of hydrogen-bond donors (Lipinski definition) is 4. The Morgan fingerprint density at radius 1 is 1.23 bits per heavy atom. The van der Waals surface area contributed by atoms with Crippen molar-refractivity contribution in [3.05, 3.63) is 54.1 Å². The van der Waals surface area contributed by atoms with Gasteiger partial charge in [-0.3, -0.25) is 0 Å². The van der Waals surface area contributed by atoms with Crippen molar-refractivity contribution < 1.29 is 18.3 Å². The molecule has 140 valence electrons. The smallest absolute Gasteiger partial charge is 0.335 e. The third-order valence-electron chi connectivity index (χ3n) is 3.61. The lowest BCUT2D eigenvalue weighted by molar-refractivity contribution is 0.0696. The largest absolute Gasteiger partial charge is 0.478 e. The Hall–Kier alpha value is -2.07. The van der Waals surface area contributed by atoms with E-state index in [1.54, 1.807) is 11.8 Å². The number of sulfonamides is 1. The number of anilines is 1. The summed E-state index contributed by atoms with van der Waals surface area (Å²) in [5, 5.41) is 8.99. The lowest BCUT2D eigenvalue weighted by atomic mass is 10.2. The molecule has 9 heteroatoms. The highest BCUT2D eigenvalue weighted by Crippen LogP contribution is 2.20. The Morgan fingerprint density at radius 3 is 2.54 bits per heavy atom. The highest BCUT2D eigenvalue weighted by atomic mass is 32.2. The summed E-state index contributed by atoms with van der Waals surface area (Å²) in [5.74, 6) is -0.528. The fourth-order valence-electron chi connectivity index (χ4n) is 2.04. The topological polar surface area (TPSA) is 122 Å². The molecule has 2 rings (SSSR count). The van der Waals surface area contributed by atoms with Gasteiger partial charge in [-0.25, -0.2) is 18.6 Å². The number of carboxylic acids is 1. The number of rotatable bonds is 9. The molecule has 0 spiro atoms. The van der Waals surface area contributed by atoms with E-state index >= 15 is 0 Å². The van der Waals surface area contributed by atoms with Gasteiger partial charge in [0, 0.05) is 22.4 Å². The first-order valence-corrected chi connectivity index (χ1v) is 10.4. The van der Waals surface area contributed by atoms with Gasteiger partial charge in [-0.2, -0.15) is 0 Å². The molecular weight excluding hydrogens is 374 g/mol. The van der Waals surface area contributed by atoms with Crippen LogP contribution in [-0.2, 0) is 10.0 Å². The lowest BCUT2D eigenvalue weighted by Crippen LogP contribution is -2.45. The van der Waals surface area contributed by atoms with E-state index in [1.165, 1.54) is 18.2 Å². The van der Waals surface area contributed by atoms with Crippen molar-refractivity contribution in [3.63, 3.8) is 0 Å². The van der Waals surface area contributed by atoms with Crippen LogP contribution in [0.4, 0.5) is 5.69 Å². The average molecular weight is 396 g/mol. The molecule has 26 heavy (non-hydrogen) atoms. The first kappa shape index (κ1) is 20.2. The standard InChI is InChI=1S/C17H21N3O4S2/c1-2-14(11-25-15-8-6-13(18)7-9-15)19-20-26(23,24)16-5-3-4-12(10-16)17(21)22/h3-10,14,19-20H,2,11,18H2,1H3,(H,21,22). The molecule has 7 nitrogen and oxygen atoms in total. The first-order valence-electron chi connectivity index (χ1n) is 7.91. The molecule has 0 amide bonds. The van der Waals surface area contributed by atoms with Gasteiger partial charge in [0.1, 0.15) is 0 Å². The normalized spacial score (nSPS) is 12.7. The van der Waals surface area contributed by atoms with Gasteiger partial charge in [-0.1, -0.05) is 13.0 Å². The summed E-state index contributed by atoms with van der Waals surface area (Å²) < 4.78 is 24.7. The Kier molecular flexibility index (Phi) is 7.04. The predicted molar refractivity (Wildman–Crippen MR) is 103 cm³/mol. The number of carboxylic acid groups (broad SMARTS) is 1. The summed E-state index contributed by atoms with van der Waals surface area (Å²) in [7, 11) is -3.86. The van der Waals surface area contributed by atoms with Gasteiger partial charge in [-0.15, -0.1) is 16.6 Å². The van der Waals surface area contributed by atoms with Gasteiger partial charge >= 0.3 is 5.97 Å². The molecule has 0 radical (unpaired) electrons. The van der Waals surface area contributed by atoms with Crippen LogP contribution < -0.4 is 16.0 Å². The number of hydrazine groups is 1. The summed E-state index contributed by atoms with van der Waals surface area (Å²) in [6, 6.07) is 12.6. The number of hydrogen-bond acceptors (Lipinski definition) is 6. The summed E-state index contributed by atoms with van der Waals surface area (Å²) in [6.07, 6.45) is 0.708. The minimum Gasteiger partial charge on any atom is -0.478 e. The molecule has 2 aromatic carbocycles. The Bertz CT molecular complexity index is 855. The van der Waals surface area contributed by atoms with E-state index in [4.69, 9.17) is 10.8 Å². The lowest BCUT2D eigenvalue weighted by Gasteiger charge is -2.17. The third kappa shape index (κ3) is 5.73. The quantitative estimate of drug-likeness (QED) is 0.292. The van der Waals surface area contributed by atoms with Crippen LogP contribution in [0.25, 0.3) is 0 Å². The van der Waals surface area contributed by atoms with Crippen LogP contribution in [0.1, 0.15) is 23.7 Å². The summed E-state index contributed by atoms with van der Waals surface area (Å²) in [5.41, 5.74) is 9.07. The van der Waals surface area contributed by atoms with Crippen molar-refractivity contribution in [1.29, 1.82) is 0 Å². The van der Waals surface area contributed by atoms with Gasteiger partial charge in [0.25, 0.3) is 10.0 Å². The van der Waals surface area contributed by atoms with Gasteiger partial charge in [0.05, 0.1) is 10.5 Å². The molecule has 0 bridgehead atoms. The Morgan fingerprint density at radius 2 is 1.92 bits per heavy atom. The molecule has 1 unspecified atom stereocenters. The number of nitrogens with one attached hydrogen (secondary N) is 2. The van der Waals surface area contributed by atoms with Crippen LogP contribution in [-0.4, -0.2) is 31.3 Å². The fraction of sp³-hybridized carbons (Fsp3) is 0.235. The SMILES string of the molecule is CCC(CSc1ccc(N)cc1)NNS(=O)(=O)c1cccc(C(=O)O)c1. The molecule has 0 aliphatic carbocycles. The van der Waals surface area contributed by atoms with E-state index < -0.39 is 16.0 Å². The van der Waals surface area contributed by atoms with Crippen LogP contribution in [0, 0.1) is 0 Å². The molecule has 1 atom stereocenters. The number of nitrogens with two attached hydrogens (primary N) is 1. The zero-order chi connectivity index (χ0) is 19.2. The van der Waals surface area contributed by atoms with Crippen molar-refractivity contribution >= 4 is 33.4 Å². The maximum Gasteiger partial charge on any atom is 0.335 e. The summed E-state index contributed by atoms with van der Waals surface area (Å²) in [6.45, 7) is 1.94. The van der Waals surface area contributed by atoms with Gasteiger partial charge in [0.2, 0.25) is 0 Å². The Labute approximate surface area is 157 Å². The van der Waals surface area contributed by atoms with E-state index in [0.717, 1.165) is 11.0 Å². The maximum absolute atomic E-state index is 12.4. The van der Waals surface area contributed by atoms with E-state index in [-0.39, 0.29) is 16.5 Å². The summed E-state index contributed by atoms with van der Waals surface area (Å²) >= 11 is 1.58. The van der Waals surface area contributed by atoms with Crippen LogP contribution in [0.15, 0.2) is 58.3 Å². The van der Waals surface area contributed by atoms with Crippen LogP contribution in [0.3, 0.4) is 0 Å². The molecule has 0 saturated heterocycles. The molecule has 0 saturated carbocycles. The molecule has 0 fully saturated rings. The Balaban J connectivity index is 1.96. The van der Waals surface area contributed by atoms with E-state index in [0.29, 0.717) is 17.9 Å². The molecular formula is C17H21N3O4S2. The fourth-order valence-corrected chi connectivity index (χ4v) is 4.06. The monoisotopic (exact) mass is 395 g/mol. The highest BCUT2D eigenvalue weighted by molar-refractivity contribution is 7.99. The molecule has 2 aromatic rings. The molecule has 0 aliphatic rings. The molecule has 5 N–H and O–H groups in total. The minimum absolute atomic E-state index is 0.0844. The van der Waals surface area contributed by atoms with Crippen LogP contribution in [0.5, 0.6) is 0 Å². The number of carbonyl (C=O) groups is 1. The van der Waals surface area contributed by atoms with Gasteiger partial charge in [-0.05, 0) is 48.9 Å². The first-order chi connectivity index (χ1) is 12.3. The van der Waals surface area contributed by atoms with Crippen molar-refractivity contribution in [3.8, 4) is 0 Å². The van der Waals surface area contributed by atoms with E-state index in [1.807, 2.05) is 31.2 Å². The minimum atomic E-state index is -3.86. The maximum atomic E-state index is 12.4. The van der Waals surface area contributed by atoms with Crippen molar-refractivity contribution in [1.82, 2.24) is 10.3 Å². The third-order valence-corrected chi connectivity index (χ3v) is 6.05. The second-order valence-corrected chi connectivity index (χ2v) is 8.34. The van der Waals surface area contributed by atoms with Crippen molar-refractivity contribution in [2.24, 2.45) is 0 Å². The second-order valence-electron chi connectivity index (χ2n) is 5.57. The van der Waals surface area contributed by atoms with E-state index in [9.17, 15) is 13.2 Å². The predicted octanol–water partition coefficient (Wildman–Crippen LogP) is 2.32. The highest BCUT2D eigenvalue weighted by Gasteiger charge is 2.17. The number of aromatic carboxylic acids is 1. The number of benzene rings is 2. The van der Waals surface area contributed by atoms with Crippen molar-refractivity contribution in [2.75, 3.05) is 11.5 Å². The second kappa shape index (κ2) is 9.04. The zero-order valence-corrected chi connectivity index (χ0v) is 15.8. The number of nitrogen functional groups attached to an aromatic ring is 1. The van der Waals surface area contributed by atoms with Gasteiger partial charge in [0.15, 0.2) is 0 Å². The van der Waals surface area contributed by atoms with Crippen LogP contribution in [0.2, 0.25) is 0 Å². The molecule has 0 heterocycles. The zero-order valence-electron chi connectivity index (χ0n) is 14.2. The number of thioether (sulfide) groups is 1. The molecule has 0 aromatic heterocycles. The van der Waals surface area contributed by atoms with E-state index in [2.05, 4.69) is 10.3 Å². The molecule has 0 aliphatic heterocycles. The van der Waals surface area contributed by atoms with Gasteiger partial charge < -0.3 is 10.8 Å². The summed E-state index contributed by atoms with van der Waals surface area (Å²) in [4.78, 5) is 14.3. The average Bonchev–Trinajstić information content (AvgIpc) is 2.63. The van der Waals surface area contributed by atoms with Crippen molar-refractivity contribution in [2.45, 2.75) is 29.2 Å².